The van der Waals surface area contributed by atoms with Crippen molar-refractivity contribution in [1.82, 2.24) is 0 Å². The number of halogens is 2. The molecule has 0 aliphatic carbocycles. The monoisotopic (exact) mass is 222 g/mol. The van der Waals surface area contributed by atoms with Crippen LogP contribution in [0.5, 0.6) is 0 Å². The van der Waals surface area contributed by atoms with E-state index in [9.17, 15) is 0 Å². The van der Waals surface area contributed by atoms with E-state index < -0.39 is 0 Å². The Hall–Kier alpha value is 0.150. The summed E-state index contributed by atoms with van der Waals surface area (Å²) in [4.78, 5) is 1.02. The second-order valence-corrected chi connectivity index (χ2v) is 3.40. The second kappa shape index (κ2) is 6.64. The van der Waals surface area contributed by atoms with E-state index in [1.807, 2.05) is 39.0 Å². The normalized spacial score (nSPS) is 8.75. The summed E-state index contributed by atoms with van der Waals surface area (Å²) in [5.41, 5.74) is 1.05. The third-order valence-electron chi connectivity index (χ3n) is 1.30. The number of hydrogen-bond donors (Lipinski definition) is 0. The van der Waals surface area contributed by atoms with Crippen LogP contribution in [0.4, 0.5) is 0 Å². The number of rotatable bonds is 1. The molecule has 3 heteroatoms. The summed E-state index contributed by atoms with van der Waals surface area (Å²) in [5.74, 6) is 0. The average Bonchev–Trinajstić information content (AvgIpc) is 2.13. The van der Waals surface area contributed by atoms with Gasteiger partial charge in [0.2, 0.25) is 0 Å². The van der Waals surface area contributed by atoms with Crippen molar-refractivity contribution in [2.75, 3.05) is 0 Å². The Balaban J connectivity index is 0.000000561. The van der Waals surface area contributed by atoms with Crippen molar-refractivity contribution in [3.05, 3.63) is 28.8 Å². The van der Waals surface area contributed by atoms with Crippen LogP contribution in [-0.2, 0) is 0 Å². The quantitative estimate of drug-likeness (QED) is 0.651. The van der Waals surface area contributed by atoms with Gasteiger partial charge >= 0.3 is 0 Å². The van der Waals surface area contributed by atoms with Gasteiger partial charge in [-0.3, -0.25) is 0 Å². The van der Waals surface area contributed by atoms with E-state index in [1.165, 1.54) is 11.0 Å². The number of benzene rings is 1. The summed E-state index contributed by atoms with van der Waals surface area (Å²) in [6.45, 7) is 5.95. The highest BCUT2D eigenvalue weighted by Gasteiger charge is 1.99. The molecule has 0 fully saturated rings. The van der Waals surface area contributed by atoms with Crippen molar-refractivity contribution < 1.29 is 0 Å². The summed E-state index contributed by atoms with van der Waals surface area (Å²) >= 11 is 5.82. The van der Waals surface area contributed by atoms with Gasteiger partial charge in [0.1, 0.15) is 0 Å². The summed E-state index contributed by atoms with van der Waals surface area (Å²) in [5, 5.41) is 0.769. The van der Waals surface area contributed by atoms with Gasteiger partial charge in [-0.1, -0.05) is 31.5 Å². The van der Waals surface area contributed by atoms with Gasteiger partial charge in [-0.2, -0.15) is 0 Å². The molecular weight excluding hydrogens is 211 g/mol. The first-order valence-electron chi connectivity index (χ1n) is 3.79. The zero-order chi connectivity index (χ0) is 9.56. The smallest absolute Gasteiger partial charge is 0.0446 e. The molecule has 0 unspecified atom stereocenters. The maximum Gasteiger partial charge on any atom is 0.0446 e. The van der Waals surface area contributed by atoms with E-state index in [1.54, 1.807) is 0 Å². The maximum absolute atomic E-state index is 5.82. The van der Waals surface area contributed by atoms with Crippen molar-refractivity contribution >= 4 is 33.3 Å². The van der Waals surface area contributed by atoms with Crippen molar-refractivity contribution in [2.45, 2.75) is 25.7 Å². The molecule has 1 aromatic carbocycles. The second-order valence-electron chi connectivity index (χ2n) is 1.94. The molecule has 0 bridgehead atoms. The molecule has 0 nitrogen and oxygen atoms in total. The van der Waals surface area contributed by atoms with E-state index in [0.717, 1.165) is 15.5 Å². The third-order valence-corrected chi connectivity index (χ3v) is 2.82. The predicted octanol–water partition coefficient (Wildman–Crippen LogP) is 4.92. The van der Waals surface area contributed by atoms with Crippen LogP contribution < -0.4 is 0 Å². The van der Waals surface area contributed by atoms with Crippen LogP contribution in [0.1, 0.15) is 19.4 Å². The molecule has 0 radical (unpaired) electrons. The molecule has 0 amide bonds. The van der Waals surface area contributed by atoms with Crippen LogP contribution in [0, 0.1) is 6.92 Å². The van der Waals surface area contributed by atoms with Gasteiger partial charge in [-0.05, 0) is 46.3 Å². The predicted molar refractivity (Wildman–Crippen MR) is 59.2 cm³/mol. The third kappa shape index (κ3) is 3.26. The van der Waals surface area contributed by atoms with Gasteiger partial charge < -0.3 is 0 Å². The summed E-state index contributed by atoms with van der Waals surface area (Å²) < 4.78 is 0. The summed E-state index contributed by atoms with van der Waals surface area (Å²) in [6.07, 6.45) is 0. The van der Waals surface area contributed by atoms with E-state index in [2.05, 4.69) is 0 Å². The maximum atomic E-state index is 5.82. The lowest BCUT2D eigenvalue weighted by Crippen LogP contribution is -1.76. The Morgan fingerprint density at radius 3 is 2.25 bits per heavy atom. The Morgan fingerprint density at radius 2 is 1.83 bits per heavy atom. The minimum Gasteiger partial charge on any atom is -0.0840 e. The Bertz CT molecular complexity index is 236. The van der Waals surface area contributed by atoms with E-state index in [-0.39, 0.29) is 0 Å². The van der Waals surface area contributed by atoms with Crippen LogP contribution in [0.25, 0.3) is 0 Å². The minimum absolute atomic E-state index is 0.769. The van der Waals surface area contributed by atoms with Gasteiger partial charge in [0.15, 0.2) is 0 Å². The van der Waals surface area contributed by atoms with Crippen molar-refractivity contribution in [2.24, 2.45) is 0 Å². The Morgan fingerprint density at radius 1 is 1.25 bits per heavy atom. The fourth-order valence-corrected chi connectivity index (χ4v) is 1.76. The van der Waals surface area contributed by atoms with Crippen molar-refractivity contribution in [1.29, 1.82) is 0 Å². The fraction of sp³-hybridized carbons (Fsp3) is 0.333. The fourth-order valence-electron chi connectivity index (χ4n) is 0.671. The van der Waals surface area contributed by atoms with E-state index in [0.29, 0.717) is 0 Å². The largest absolute Gasteiger partial charge is 0.0840 e. The zero-order valence-corrected chi connectivity index (χ0v) is 9.72. The molecule has 1 rings (SSSR count). The first-order valence-corrected chi connectivity index (χ1v) is 5.81. The van der Waals surface area contributed by atoms with Crippen LogP contribution >= 0.6 is 33.3 Å². The zero-order valence-electron chi connectivity index (χ0n) is 7.40. The molecule has 68 valence electrons. The molecule has 0 spiro atoms. The highest BCUT2D eigenvalue weighted by atomic mass is 35.7. The topological polar surface area (TPSA) is 0 Å². The van der Waals surface area contributed by atoms with Crippen LogP contribution in [0.3, 0.4) is 0 Å². The molecule has 1 aromatic rings. The Labute approximate surface area is 87.8 Å². The lowest BCUT2D eigenvalue weighted by molar-refractivity contribution is 1.31. The first-order chi connectivity index (χ1) is 5.75. The molecule has 0 heterocycles. The molecule has 0 atom stereocenters. The van der Waals surface area contributed by atoms with Gasteiger partial charge in [-0.25, -0.2) is 0 Å². The molecule has 0 aliphatic heterocycles. The van der Waals surface area contributed by atoms with E-state index in [4.69, 9.17) is 22.3 Å². The average molecular weight is 223 g/mol. The van der Waals surface area contributed by atoms with Gasteiger partial charge in [-0.15, -0.1) is 0 Å². The Kier molecular flexibility index (Phi) is 6.73. The van der Waals surface area contributed by atoms with Crippen molar-refractivity contribution in [3.63, 3.8) is 0 Å². The highest BCUT2D eigenvalue weighted by molar-refractivity contribution is 8.21. The standard InChI is InChI=1S/C7H6Cl2S.C2H6/c1-5-6(8)3-2-4-7(5)10-9;1-2/h2-4H,1H3;1-2H3. The summed E-state index contributed by atoms with van der Waals surface area (Å²) in [7, 11) is 6.76. The lowest BCUT2D eigenvalue weighted by Gasteiger charge is -2.00. The molecule has 0 aliphatic rings. The molecule has 0 aromatic heterocycles. The van der Waals surface area contributed by atoms with Crippen LogP contribution in [0.15, 0.2) is 23.1 Å². The molecule has 0 saturated heterocycles. The molecule has 0 N–H and O–H groups in total. The lowest BCUT2D eigenvalue weighted by atomic mass is 10.2. The van der Waals surface area contributed by atoms with E-state index >= 15 is 0 Å². The van der Waals surface area contributed by atoms with Gasteiger partial charge in [0, 0.05) is 9.92 Å². The highest BCUT2D eigenvalue weighted by Crippen LogP contribution is 2.29. The van der Waals surface area contributed by atoms with Crippen LogP contribution in [-0.4, -0.2) is 0 Å². The SMILES string of the molecule is CC.Cc1c(Cl)cccc1SCl. The van der Waals surface area contributed by atoms with Gasteiger partial charge in [0.05, 0.1) is 0 Å². The van der Waals surface area contributed by atoms with Gasteiger partial charge in [0.25, 0.3) is 0 Å². The van der Waals surface area contributed by atoms with Crippen LogP contribution in [0.2, 0.25) is 5.02 Å². The molecule has 0 saturated carbocycles. The van der Waals surface area contributed by atoms with Crippen molar-refractivity contribution in [3.8, 4) is 0 Å². The molecule has 12 heavy (non-hydrogen) atoms. The first kappa shape index (κ1) is 12.2. The molecular formula is C9H12Cl2S. The minimum atomic E-state index is 0.769. The number of hydrogen-bond acceptors (Lipinski definition) is 1. The summed E-state index contributed by atoms with van der Waals surface area (Å²) in [6, 6.07) is 5.69.